The standard InChI is InChI=1S/C11H18N2O2S/c1-4-8(3)13-9(11(14)15-5-2)10-12-6-7-16-10/h6-9,13H,4-5H2,1-3H3. The second kappa shape index (κ2) is 6.60. The van der Waals surface area contributed by atoms with Crippen molar-refractivity contribution in [2.45, 2.75) is 39.3 Å². The van der Waals surface area contributed by atoms with E-state index in [-0.39, 0.29) is 12.0 Å². The van der Waals surface area contributed by atoms with Crippen LogP contribution in [0.15, 0.2) is 11.6 Å². The van der Waals surface area contributed by atoms with E-state index >= 15 is 0 Å². The number of aromatic nitrogens is 1. The van der Waals surface area contributed by atoms with Gasteiger partial charge >= 0.3 is 5.97 Å². The van der Waals surface area contributed by atoms with Crippen LogP contribution in [0, 0.1) is 0 Å². The van der Waals surface area contributed by atoms with Crippen molar-refractivity contribution in [3.63, 3.8) is 0 Å². The summed E-state index contributed by atoms with van der Waals surface area (Å²) in [5.74, 6) is -0.252. The minimum Gasteiger partial charge on any atom is -0.465 e. The zero-order valence-corrected chi connectivity index (χ0v) is 10.7. The van der Waals surface area contributed by atoms with Gasteiger partial charge < -0.3 is 4.74 Å². The predicted molar refractivity (Wildman–Crippen MR) is 64.4 cm³/mol. The summed E-state index contributed by atoms with van der Waals surface area (Å²) in [6, 6.07) is -0.173. The molecule has 1 rings (SSSR count). The highest BCUT2D eigenvalue weighted by atomic mass is 32.1. The molecule has 90 valence electrons. The lowest BCUT2D eigenvalue weighted by Gasteiger charge is -2.19. The Hall–Kier alpha value is -0.940. The highest BCUT2D eigenvalue weighted by molar-refractivity contribution is 7.09. The fraction of sp³-hybridized carbons (Fsp3) is 0.636. The number of rotatable bonds is 6. The zero-order valence-electron chi connectivity index (χ0n) is 9.90. The first kappa shape index (κ1) is 13.1. The summed E-state index contributed by atoms with van der Waals surface area (Å²) in [6.07, 6.45) is 2.66. The van der Waals surface area contributed by atoms with E-state index in [2.05, 4.69) is 17.2 Å². The average Bonchev–Trinajstić information content (AvgIpc) is 2.78. The van der Waals surface area contributed by atoms with Crippen LogP contribution >= 0.6 is 11.3 Å². The maximum atomic E-state index is 11.8. The summed E-state index contributed by atoms with van der Waals surface area (Å²) in [7, 11) is 0. The Morgan fingerprint density at radius 2 is 2.38 bits per heavy atom. The highest BCUT2D eigenvalue weighted by Gasteiger charge is 2.25. The molecule has 0 bridgehead atoms. The summed E-state index contributed by atoms with van der Waals surface area (Å²) in [6.45, 7) is 6.31. The largest absolute Gasteiger partial charge is 0.465 e. The summed E-state index contributed by atoms with van der Waals surface area (Å²) in [5, 5.41) is 5.85. The molecule has 0 aliphatic rings. The number of carbonyl (C=O) groups is 1. The first-order chi connectivity index (χ1) is 7.69. The fourth-order valence-electron chi connectivity index (χ4n) is 1.25. The monoisotopic (exact) mass is 242 g/mol. The topological polar surface area (TPSA) is 51.2 Å². The van der Waals surface area contributed by atoms with E-state index in [1.165, 1.54) is 11.3 Å². The van der Waals surface area contributed by atoms with E-state index in [4.69, 9.17) is 4.74 Å². The molecule has 1 aromatic rings. The molecule has 1 aromatic heterocycles. The number of nitrogens with zero attached hydrogens (tertiary/aromatic N) is 1. The van der Waals surface area contributed by atoms with Gasteiger partial charge in [-0.3, -0.25) is 5.32 Å². The van der Waals surface area contributed by atoms with Gasteiger partial charge in [0.05, 0.1) is 6.61 Å². The zero-order chi connectivity index (χ0) is 12.0. The normalized spacial score (nSPS) is 14.4. The molecule has 1 heterocycles. The maximum Gasteiger partial charge on any atom is 0.330 e. The van der Waals surface area contributed by atoms with Gasteiger partial charge in [-0.25, -0.2) is 9.78 Å². The van der Waals surface area contributed by atoms with Crippen molar-refractivity contribution in [2.24, 2.45) is 0 Å². The molecule has 0 aliphatic heterocycles. The van der Waals surface area contributed by atoms with Crippen LogP contribution in [0.25, 0.3) is 0 Å². The van der Waals surface area contributed by atoms with Crippen molar-refractivity contribution >= 4 is 17.3 Å². The van der Waals surface area contributed by atoms with Gasteiger partial charge in [-0.1, -0.05) is 6.92 Å². The number of hydrogen-bond acceptors (Lipinski definition) is 5. The van der Waals surface area contributed by atoms with Gasteiger partial charge in [0.2, 0.25) is 0 Å². The number of ether oxygens (including phenoxy) is 1. The van der Waals surface area contributed by atoms with Crippen molar-refractivity contribution in [3.05, 3.63) is 16.6 Å². The lowest BCUT2D eigenvalue weighted by atomic mass is 10.2. The lowest BCUT2D eigenvalue weighted by Crippen LogP contribution is -2.36. The van der Waals surface area contributed by atoms with E-state index < -0.39 is 6.04 Å². The fourth-order valence-corrected chi connectivity index (χ4v) is 1.93. The third kappa shape index (κ3) is 3.57. The summed E-state index contributed by atoms with van der Waals surface area (Å²) >= 11 is 1.46. The molecule has 2 atom stereocenters. The van der Waals surface area contributed by atoms with Crippen molar-refractivity contribution in [2.75, 3.05) is 6.61 Å². The van der Waals surface area contributed by atoms with Crippen LogP contribution in [0.2, 0.25) is 0 Å². The molecule has 0 saturated carbocycles. The number of esters is 1. The third-order valence-corrected chi connectivity index (χ3v) is 3.12. The van der Waals surface area contributed by atoms with Gasteiger partial charge in [0.1, 0.15) is 5.01 Å². The Kier molecular flexibility index (Phi) is 5.42. The van der Waals surface area contributed by atoms with Crippen LogP contribution < -0.4 is 5.32 Å². The van der Waals surface area contributed by atoms with Crippen molar-refractivity contribution < 1.29 is 9.53 Å². The molecular formula is C11H18N2O2S. The molecule has 5 heteroatoms. The van der Waals surface area contributed by atoms with E-state index in [1.54, 1.807) is 13.1 Å². The second-order valence-electron chi connectivity index (χ2n) is 3.53. The molecule has 2 unspecified atom stereocenters. The van der Waals surface area contributed by atoms with Gasteiger partial charge in [0.15, 0.2) is 6.04 Å². The van der Waals surface area contributed by atoms with Crippen molar-refractivity contribution in [3.8, 4) is 0 Å². The van der Waals surface area contributed by atoms with Gasteiger partial charge in [0, 0.05) is 17.6 Å². The molecule has 0 aliphatic carbocycles. The minimum absolute atomic E-state index is 0.252. The van der Waals surface area contributed by atoms with Gasteiger partial charge in [-0.15, -0.1) is 11.3 Å². The predicted octanol–water partition coefficient (Wildman–Crippen LogP) is 2.14. The molecule has 0 amide bonds. The average molecular weight is 242 g/mol. The summed E-state index contributed by atoms with van der Waals surface area (Å²) in [5.41, 5.74) is 0. The Balaban J connectivity index is 2.73. The molecule has 16 heavy (non-hydrogen) atoms. The summed E-state index contributed by atoms with van der Waals surface area (Å²) < 4.78 is 5.04. The Morgan fingerprint density at radius 3 is 2.88 bits per heavy atom. The lowest BCUT2D eigenvalue weighted by molar-refractivity contribution is -0.146. The summed E-state index contributed by atoms with van der Waals surface area (Å²) in [4.78, 5) is 15.9. The molecule has 0 spiro atoms. The minimum atomic E-state index is -0.435. The molecular weight excluding hydrogens is 224 g/mol. The van der Waals surface area contributed by atoms with E-state index in [9.17, 15) is 4.79 Å². The van der Waals surface area contributed by atoms with Crippen molar-refractivity contribution in [1.82, 2.24) is 10.3 Å². The maximum absolute atomic E-state index is 11.8. The Morgan fingerprint density at radius 1 is 1.62 bits per heavy atom. The first-order valence-electron chi connectivity index (χ1n) is 5.51. The van der Waals surface area contributed by atoms with Crippen LogP contribution in [0.4, 0.5) is 0 Å². The molecule has 0 radical (unpaired) electrons. The van der Waals surface area contributed by atoms with E-state index in [1.807, 2.05) is 12.3 Å². The molecule has 4 nitrogen and oxygen atoms in total. The quantitative estimate of drug-likeness (QED) is 0.776. The molecule has 0 fully saturated rings. The van der Waals surface area contributed by atoms with Gasteiger partial charge in [-0.2, -0.15) is 0 Å². The molecule has 0 aromatic carbocycles. The van der Waals surface area contributed by atoms with Gasteiger partial charge in [0.25, 0.3) is 0 Å². The van der Waals surface area contributed by atoms with Crippen LogP contribution in [0.5, 0.6) is 0 Å². The number of thiazole rings is 1. The highest BCUT2D eigenvalue weighted by Crippen LogP contribution is 2.18. The first-order valence-corrected chi connectivity index (χ1v) is 6.39. The number of hydrogen-bond donors (Lipinski definition) is 1. The van der Waals surface area contributed by atoms with Crippen LogP contribution in [0.3, 0.4) is 0 Å². The van der Waals surface area contributed by atoms with Crippen LogP contribution in [0.1, 0.15) is 38.2 Å². The van der Waals surface area contributed by atoms with E-state index in [0.717, 1.165) is 11.4 Å². The Labute approximate surface area is 100 Å². The van der Waals surface area contributed by atoms with Crippen LogP contribution in [-0.4, -0.2) is 23.6 Å². The smallest absolute Gasteiger partial charge is 0.330 e. The molecule has 1 N–H and O–H groups in total. The van der Waals surface area contributed by atoms with Crippen LogP contribution in [-0.2, 0) is 9.53 Å². The van der Waals surface area contributed by atoms with Crippen molar-refractivity contribution in [1.29, 1.82) is 0 Å². The third-order valence-electron chi connectivity index (χ3n) is 2.28. The van der Waals surface area contributed by atoms with E-state index in [0.29, 0.717) is 6.61 Å². The SMILES string of the molecule is CCOC(=O)C(NC(C)CC)c1nccs1. The van der Waals surface area contributed by atoms with Gasteiger partial charge in [-0.05, 0) is 20.3 Å². The Bertz CT molecular complexity index is 314. The second-order valence-corrected chi connectivity index (χ2v) is 4.46. The number of nitrogens with one attached hydrogen (secondary N) is 1. The number of carbonyl (C=O) groups excluding carboxylic acids is 1. The molecule has 0 saturated heterocycles.